The second-order valence-corrected chi connectivity index (χ2v) is 6.78. The van der Waals surface area contributed by atoms with Crippen molar-refractivity contribution in [2.24, 2.45) is 5.92 Å². The average Bonchev–Trinajstić information content (AvgIpc) is 2.66. The topological polar surface area (TPSA) is 42.3 Å². The van der Waals surface area contributed by atoms with Gasteiger partial charge >= 0.3 is 25.8 Å². The third kappa shape index (κ3) is 19.5. The quantitative estimate of drug-likeness (QED) is 0.236. The molecule has 0 saturated heterocycles. The Morgan fingerprint density at radius 3 is 1.74 bits per heavy atom. The van der Waals surface area contributed by atoms with Gasteiger partial charge in [0.1, 0.15) is 0 Å². The number of alkyl halides is 1. The Morgan fingerprint density at radius 1 is 1.05 bits per heavy atom. The molecule has 1 aliphatic carbocycles. The molecule has 0 N–H and O–H groups in total. The van der Waals surface area contributed by atoms with Crippen molar-refractivity contribution in [1.29, 1.82) is 0 Å². The summed E-state index contributed by atoms with van der Waals surface area (Å²) in [6, 6.07) is 0. The van der Waals surface area contributed by atoms with Crippen molar-refractivity contribution >= 4 is 19.7 Å². The molecule has 0 bridgehead atoms. The van der Waals surface area contributed by atoms with Gasteiger partial charge in [0.2, 0.25) is 0 Å². The van der Waals surface area contributed by atoms with Crippen LogP contribution in [0.2, 0.25) is 0 Å². The fraction of sp³-hybridized carbons (Fsp3) is 0.923. The van der Waals surface area contributed by atoms with E-state index in [4.69, 9.17) is 11.6 Å². The van der Waals surface area contributed by atoms with Crippen molar-refractivity contribution in [3.05, 3.63) is 23.1 Å². The van der Waals surface area contributed by atoms with Crippen molar-refractivity contribution < 1.29 is 25.8 Å². The fourth-order valence-corrected chi connectivity index (χ4v) is 3.39. The van der Waals surface area contributed by atoms with Crippen LogP contribution in [0, 0.1) is 13.3 Å². The smallest absolute Gasteiger partial charge is 0.668 e. The molecule has 3 unspecified atom stereocenters. The minimum Gasteiger partial charge on any atom is -0.668 e. The SMILES string of the molecule is C[N-]C.C[N-]C.C[N-]P(C)CC1CCCC1Cl.[CH3-].[Hf+4]. The third-order valence-corrected chi connectivity index (χ3v) is 4.66. The molecule has 1 fully saturated rings. The van der Waals surface area contributed by atoms with Gasteiger partial charge in [-0.2, -0.15) is 35.2 Å². The molecule has 0 aromatic carbocycles. The summed E-state index contributed by atoms with van der Waals surface area (Å²) in [5, 5.41) is 11.7. The predicted molar refractivity (Wildman–Crippen MR) is 90.8 cm³/mol. The predicted octanol–water partition coefficient (Wildman–Crippen LogP) is 5.11. The van der Waals surface area contributed by atoms with Gasteiger partial charge in [-0.15, -0.1) is 11.6 Å². The van der Waals surface area contributed by atoms with Crippen molar-refractivity contribution in [3.8, 4) is 0 Å². The van der Waals surface area contributed by atoms with Crippen LogP contribution in [0.15, 0.2) is 0 Å². The van der Waals surface area contributed by atoms with E-state index in [9.17, 15) is 0 Å². The molecule has 19 heavy (non-hydrogen) atoms. The van der Waals surface area contributed by atoms with Crippen LogP contribution < -0.4 is 0 Å². The largest absolute Gasteiger partial charge is 4.00 e. The Labute approximate surface area is 147 Å². The van der Waals surface area contributed by atoms with Crippen molar-refractivity contribution in [2.75, 3.05) is 48.1 Å². The summed E-state index contributed by atoms with van der Waals surface area (Å²) in [4.78, 5) is 0. The van der Waals surface area contributed by atoms with E-state index in [-0.39, 0.29) is 41.3 Å². The zero-order chi connectivity index (χ0) is 13.7. The molecule has 1 saturated carbocycles. The normalized spacial score (nSPS) is 21.6. The average molecular weight is 474 g/mol. The van der Waals surface area contributed by atoms with Crippen LogP contribution in [0.25, 0.3) is 15.7 Å². The van der Waals surface area contributed by atoms with Crippen LogP contribution in [-0.4, -0.2) is 53.4 Å². The first-order valence-corrected chi connectivity index (χ1v) is 8.34. The van der Waals surface area contributed by atoms with E-state index >= 15 is 0 Å². The summed E-state index contributed by atoms with van der Waals surface area (Å²) in [5.74, 6) is 0.761. The van der Waals surface area contributed by atoms with E-state index in [1.54, 1.807) is 28.2 Å². The van der Waals surface area contributed by atoms with Crippen LogP contribution in [0.3, 0.4) is 0 Å². The zero-order valence-corrected chi connectivity index (χ0v) is 18.9. The Bertz CT molecular complexity index is 154. The Balaban J connectivity index is -0.000000122. The monoisotopic (exact) mass is 475 g/mol. The molecular formula is C13H31ClHfN3P. The number of rotatable bonds is 3. The van der Waals surface area contributed by atoms with Crippen molar-refractivity contribution in [2.45, 2.75) is 24.6 Å². The van der Waals surface area contributed by atoms with Crippen LogP contribution in [0.1, 0.15) is 19.3 Å². The van der Waals surface area contributed by atoms with Crippen LogP contribution in [-0.2, 0) is 25.8 Å². The van der Waals surface area contributed by atoms with Gasteiger partial charge in [0.15, 0.2) is 0 Å². The van der Waals surface area contributed by atoms with Crippen LogP contribution in [0.5, 0.6) is 0 Å². The van der Waals surface area contributed by atoms with E-state index in [0.29, 0.717) is 5.38 Å². The summed E-state index contributed by atoms with van der Waals surface area (Å²) in [5.41, 5.74) is 0. The van der Waals surface area contributed by atoms with E-state index in [0.717, 1.165) is 5.92 Å². The molecule has 0 amide bonds. The van der Waals surface area contributed by atoms with Gasteiger partial charge in [-0.05, 0) is 24.9 Å². The molecule has 0 radical (unpaired) electrons. The number of halogens is 1. The Hall–Kier alpha value is 1.47. The summed E-state index contributed by atoms with van der Waals surface area (Å²) in [6.07, 6.45) is 5.13. The van der Waals surface area contributed by atoms with E-state index in [1.165, 1.54) is 25.4 Å². The molecule has 1 aliphatic rings. The second-order valence-electron chi connectivity index (χ2n) is 4.14. The molecule has 0 spiro atoms. The zero-order valence-electron chi connectivity index (χ0n) is 13.6. The molecule has 0 aromatic heterocycles. The maximum atomic E-state index is 6.15. The Morgan fingerprint density at radius 2 is 1.47 bits per heavy atom. The molecule has 0 aliphatic heterocycles. The molecular weight excluding hydrogens is 443 g/mol. The van der Waals surface area contributed by atoms with Crippen LogP contribution >= 0.6 is 19.7 Å². The second kappa shape index (κ2) is 21.8. The third-order valence-electron chi connectivity index (χ3n) is 2.41. The van der Waals surface area contributed by atoms with E-state index in [2.05, 4.69) is 22.4 Å². The molecule has 3 nitrogen and oxygen atoms in total. The van der Waals surface area contributed by atoms with Gasteiger partial charge in [0, 0.05) is 5.38 Å². The van der Waals surface area contributed by atoms with Crippen LogP contribution in [0.4, 0.5) is 0 Å². The summed E-state index contributed by atoms with van der Waals surface area (Å²) >= 11 is 6.15. The fourth-order valence-electron chi connectivity index (χ4n) is 1.62. The van der Waals surface area contributed by atoms with Crippen molar-refractivity contribution in [3.63, 3.8) is 0 Å². The minimum absolute atomic E-state index is 0. The molecule has 1 rings (SSSR count). The first-order chi connectivity index (χ1) is 8.06. The Kier molecular flexibility index (Phi) is 32.8. The van der Waals surface area contributed by atoms with Gasteiger partial charge in [-0.1, -0.05) is 13.1 Å². The minimum atomic E-state index is -0.0754. The molecule has 6 heteroatoms. The van der Waals surface area contributed by atoms with Gasteiger partial charge in [-0.3, -0.25) is 0 Å². The molecule has 114 valence electrons. The van der Waals surface area contributed by atoms with Gasteiger partial charge in [-0.25, -0.2) is 8.07 Å². The summed E-state index contributed by atoms with van der Waals surface area (Å²) in [7, 11) is 8.85. The first kappa shape index (κ1) is 28.6. The maximum absolute atomic E-state index is 6.15. The standard InChI is InChI=1S/C8H16ClNP.2C2H6N.CH3.Hf/c1-10-11(2)6-7-4-3-5-8(7)9;2*1-3-2;;/h7-8H,3-6H2,1-2H3;2*1-2H3;1H3;/q4*-1;+4. The summed E-state index contributed by atoms with van der Waals surface area (Å²) in [6.45, 7) is 2.23. The molecule has 0 heterocycles. The molecule has 0 aromatic rings. The van der Waals surface area contributed by atoms with E-state index in [1.807, 2.05) is 7.05 Å². The number of hydrogen-bond donors (Lipinski definition) is 0. The van der Waals surface area contributed by atoms with Gasteiger partial charge in [0.05, 0.1) is 0 Å². The maximum Gasteiger partial charge on any atom is 4.00 e. The van der Waals surface area contributed by atoms with Gasteiger partial charge < -0.3 is 23.1 Å². The summed E-state index contributed by atoms with van der Waals surface area (Å²) < 4.78 is 0. The van der Waals surface area contributed by atoms with Crippen molar-refractivity contribution in [1.82, 2.24) is 0 Å². The number of hydrogen-bond acceptors (Lipinski definition) is 0. The number of nitrogens with zero attached hydrogens (tertiary/aromatic N) is 3. The van der Waals surface area contributed by atoms with E-state index < -0.39 is 0 Å². The molecule has 3 atom stereocenters. The first-order valence-electron chi connectivity index (χ1n) is 5.98. The van der Waals surface area contributed by atoms with Gasteiger partial charge in [0.25, 0.3) is 0 Å².